The van der Waals surface area contributed by atoms with Crippen molar-refractivity contribution in [1.82, 2.24) is 5.32 Å². The number of carbonyl (C=O) groups excluding carboxylic acids is 2. The zero-order chi connectivity index (χ0) is 40.3. The van der Waals surface area contributed by atoms with Gasteiger partial charge in [-0.2, -0.15) is 0 Å². The van der Waals surface area contributed by atoms with Gasteiger partial charge >= 0.3 is 7.82 Å². The minimum Gasteiger partial charge on any atom is -0.394 e. The number of nitrogens with one attached hydrogen (secondary N) is 1. The first kappa shape index (κ1) is 54.3. The Hall–Kier alpha value is -0.670. The van der Waals surface area contributed by atoms with Crippen molar-refractivity contribution < 1.29 is 37.9 Å². The van der Waals surface area contributed by atoms with E-state index in [0.29, 0.717) is 32.5 Å². The minimum atomic E-state index is -4.38. The zero-order valence-electron chi connectivity index (χ0n) is 36.2. The SMILES string of the molecule is CCCCCCCCCCCCCCCCCC(=O)CC(COP(=O)(O)OCCNCCOCCO)C(=O)CCCCCCCCCCCCCCCCC. The Morgan fingerprint density at radius 1 is 0.527 bits per heavy atom. The van der Waals surface area contributed by atoms with E-state index >= 15 is 0 Å². The van der Waals surface area contributed by atoms with Crippen LogP contribution in [0.4, 0.5) is 0 Å². The highest BCUT2D eigenvalue weighted by molar-refractivity contribution is 7.47. The van der Waals surface area contributed by atoms with Crippen LogP contribution in [-0.4, -0.2) is 67.7 Å². The summed E-state index contributed by atoms with van der Waals surface area (Å²) in [7, 11) is -4.38. The number of Topliss-reactive ketones (excluding diaryl/α,β-unsaturated/α-hetero) is 2. The van der Waals surface area contributed by atoms with Crippen LogP contribution >= 0.6 is 7.82 Å². The van der Waals surface area contributed by atoms with Crippen molar-refractivity contribution in [3.8, 4) is 0 Å². The molecule has 9 nitrogen and oxygen atoms in total. The lowest BCUT2D eigenvalue weighted by Crippen LogP contribution is -2.25. The van der Waals surface area contributed by atoms with Gasteiger partial charge in [-0.15, -0.1) is 0 Å². The van der Waals surface area contributed by atoms with Crippen LogP contribution in [0.15, 0.2) is 0 Å². The van der Waals surface area contributed by atoms with Crippen molar-refractivity contribution in [1.29, 1.82) is 0 Å². The molecule has 2 unspecified atom stereocenters. The van der Waals surface area contributed by atoms with Crippen LogP contribution in [0, 0.1) is 5.92 Å². The molecular formula is C45H90NO8P. The van der Waals surface area contributed by atoms with Gasteiger partial charge in [-0.3, -0.25) is 18.6 Å². The third-order valence-corrected chi connectivity index (χ3v) is 11.6. The highest BCUT2D eigenvalue weighted by atomic mass is 31.2. The predicted molar refractivity (Wildman–Crippen MR) is 230 cm³/mol. The Morgan fingerprint density at radius 3 is 1.33 bits per heavy atom. The average molecular weight is 804 g/mol. The number of aliphatic hydroxyl groups is 1. The molecule has 0 bridgehead atoms. The smallest absolute Gasteiger partial charge is 0.394 e. The van der Waals surface area contributed by atoms with E-state index in [0.717, 1.165) is 38.5 Å². The number of phosphoric acid groups is 1. The summed E-state index contributed by atoms with van der Waals surface area (Å²) in [5.41, 5.74) is 0. The quantitative estimate of drug-likeness (QED) is 0.0406. The van der Waals surface area contributed by atoms with Crippen LogP contribution in [0.1, 0.15) is 226 Å². The maximum absolute atomic E-state index is 13.3. The highest BCUT2D eigenvalue weighted by Gasteiger charge is 2.28. The lowest BCUT2D eigenvalue weighted by atomic mass is 9.92. The molecule has 0 spiro atoms. The Morgan fingerprint density at radius 2 is 0.909 bits per heavy atom. The number of phosphoric ester groups is 1. The van der Waals surface area contributed by atoms with E-state index in [4.69, 9.17) is 18.9 Å². The van der Waals surface area contributed by atoms with E-state index < -0.39 is 13.7 Å². The van der Waals surface area contributed by atoms with Gasteiger partial charge in [-0.1, -0.05) is 194 Å². The first-order valence-electron chi connectivity index (χ1n) is 23.4. The van der Waals surface area contributed by atoms with E-state index in [-0.39, 0.29) is 44.4 Å². The Labute approximate surface area is 339 Å². The zero-order valence-corrected chi connectivity index (χ0v) is 37.0. The summed E-state index contributed by atoms with van der Waals surface area (Å²) in [6.45, 7) is 5.64. The van der Waals surface area contributed by atoms with Gasteiger partial charge in [0.25, 0.3) is 0 Å². The van der Waals surface area contributed by atoms with Gasteiger partial charge in [0, 0.05) is 38.3 Å². The molecule has 0 saturated heterocycles. The van der Waals surface area contributed by atoms with Crippen molar-refractivity contribution in [2.75, 3.05) is 46.1 Å². The molecule has 55 heavy (non-hydrogen) atoms. The van der Waals surface area contributed by atoms with E-state index in [1.54, 1.807) is 0 Å². The topological polar surface area (TPSA) is 131 Å². The summed E-state index contributed by atoms with van der Waals surface area (Å²) in [5, 5.41) is 11.8. The fraction of sp³-hybridized carbons (Fsp3) is 0.956. The van der Waals surface area contributed by atoms with E-state index in [1.165, 1.54) is 154 Å². The normalized spacial score (nSPS) is 13.3. The van der Waals surface area contributed by atoms with E-state index in [1.807, 2.05) is 0 Å². The number of carbonyl (C=O) groups is 2. The van der Waals surface area contributed by atoms with Crippen LogP contribution in [0.3, 0.4) is 0 Å². The van der Waals surface area contributed by atoms with Gasteiger partial charge in [0.05, 0.1) is 33.0 Å². The third-order valence-electron chi connectivity index (χ3n) is 10.6. The largest absolute Gasteiger partial charge is 0.472 e. The van der Waals surface area contributed by atoms with Gasteiger partial charge in [0.1, 0.15) is 11.6 Å². The Bertz CT molecular complexity index is 876. The maximum Gasteiger partial charge on any atom is 0.472 e. The van der Waals surface area contributed by atoms with Crippen molar-refractivity contribution in [3.05, 3.63) is 0 Å². The summed E-state index contributed by atoms with van der Waals surface area (Å²) in [6, 6.07) is 0. The lowest BCUT2D eigenvalue weighted by molar-refractivity contribution is -0.129. The Kier molecular flexibility index (Phi) is 42.4. The molecule has 0 aromatic carbocycles. The summed E-state index contributed by atoms with van der Waals surface area (Å²) in [4.78, 5) is 36.5. The molecule has 0 heterocycles. The second-order valence-corrected chi connectivity index (χ2v) is 17.4. The summed E-state index contributed by atoms with van der Waals surface area (Å²) in [6.07, 6.45) is 38.6. The highest BCUT2D eigenvalue weighted by Crippen LogP contribution is 2.43. The van der Waals surface area contributed by atoms with Gasteiger partial charge < -0.3 is 20.1 Å². The van der Waals surface area contributed by atoms with Crippen molar-refractivity contribution in [2.45, 2.75) is 226 Å². The molecule has 3 N–H and O–H groups in total. The molecule has 0 amide bonds. The average Bonchev–Trinajstić information content (AvgIpc) is 3.17. The summed E-state index contributed by atoms with van der Waals surface area (Å²) < 4.78 is 28.1. The maximum atomic E-state index is 13.3. The number of ketones is 2. The van der Waals surface area contributed by atoms with Gasteiger partial charge in [-0.25, -0.2) is 4.57 Å². The fourth-order valence-electron chi connectivity index (χ4n) is 7.10. The van der Waals surface area contributed by atoms with Crippen LogP contribution in [0.25, 0.3) is 0 Å². The van der Waals surface area contributed by atoms with Crippen molar-refractivity contribution in [3.63, 3.8) is 0 Å². The fourth-order valence-corrected chi connectivity index (χ4v) is 7.87. The second kappa shape index (κ2) is 42.9. The first-order chi connectivity index (χ1) is 26.9. The molecule has 0 aliphatic heterocycles. The Balaban J connectivity index is 4.39. The van der Waals surface area contributed by atoms with Crippen LogP contribution in [0.5, 0.6) is 0 Å². The van der Waals surface area contributed by atoms with E-state index in [9.17, 15) is 19.0 Å². The predicted octanol–water partition coefficient (Wildman–Crippen LogP) is 12.4. The minimum absolute atomic E-state index is 0.0226. The number of unbranched alkanes of at least 4 members (excludes halogenated alkanes) is 28. The monoisotopic (exact) mass is 804 g/mol. The summed E-state index contributed by atoms with van der Waals surface area (Å²) in [5.74, 6) is -0.778. The molecule has 0 aromatic heterocycles. The third kappa shape index (κ3) is 41.3. The van der Waals surface area contributed by atoms with Crippen LogP contribution < -0.4 is 5.32 Å². The second-order valence-electron chi connectivity index (χ2n) is 16.0. The molecule has 10 heteroatoms. The molecule has 0 aromatic rings. The molecule has 0 radical (unpaired) electrons. The molecule has 328 valence electrons. The summed E-state index contributed by atoms with van der Waals surface area (Å²) >= 11 is 0. The lowest BCUT2D eigenvalue weighted by Gasteiger charge is -2.18. The molecule has 0 fully saturated rings. The number of hydrogen-bond donors (Lipinski definition) is 3. The molecule has 0 saturated carbocycles. The molecular weight excluding hydrogens is 713 g/mol. The van der Waals surface area contributed by atoms with Crippen LogP contribution in [0.2, 0.25) is 0 Å². The van der Waals surface area contributed by atoms with E-state index in [2.05, 4.69) is 19.2 Å². The number of rotatable bonds is 47. The van der Waals surface area contributed by atoms with Crippen molar-refractivity contribution >= 4 is 19.4 Å². The number of ether oxygens (including phenoxy) is 1. The number of hydrogen-bond acceptors (Lipinski definition) is 8. The van der Waals surface area contributed by atoms with Gasteiger partial charge in [0.2, 0.25) is 0 Å². The molecule has 2 atom stereocenters. The van der Waals surface area contributed by atoms with Gasteiger partial charge in [0.15, 0.2) is 0 Å². The molecule has 0 rings (SSSR count). The van der Waals surface area contributed by atoms with Crippen LogP contribution in [-0.2, 0) is 27.9 Å². The number of aliphatic hydroxyl groups excluding tert-OH is 1. The molecule has 0 aliphatic rings. The van der Waals surface area contributed by atoms with Crippen molar-refractivity contribution in [2.24, 2.45) is 5.92 Å². The first-order valence-corrected chi connectivity index (χ1v) is 24.9. The standard InChI is InChI=1S/C45H90NO8P/c1-3-5-7-9-11-13-15-17-19-21-23-25-27-29-31-33-44(48)41-43(42-54-55(50,51)53-39-36-46-35-38-52-40-37-47)45(49)34-32-30-28-26-24-22-20-18-16-14-12-10-8-6-4-2/h43,46-47H,3-42H2,1-2H3,(H,50,51). The van der Waals surface area contributed by atoms with Gasteiger partial charge in [-0.05, 0) is 12.8 Å². The molecule has 0 aliphatic carbocycles.